The Morgan fingerprint density at radius 3 is 0.878 bits per heavy atom. The minimum absolute atomic E-state index is 0.523. The standard InChI is InChI=1S/C76H44N6/c77-45-63-73(79-64-29-13-9-25-55(64)59-37-47-17-1-5-21-51(47)41-68(59)79)72(46-33-35-78-36-34-46)75(81-66-31-15-11-27-57(66)61-39-49-19-3-7-23-53(49)43-70(61)81)76(82-67-32-16-12-28-58(67)62-40-50-20-4-8-24-54(50)44-71(62)82)74(63)80-65-30-14-10-26-56(65)60-38-48-18-2-6-22-52(48)42-69(60)80/h1-44H. The maximum Gasteiger partial charge on any atom is 0.104 e. The summed E-state index contributed by atoms with van der Waals surface area (Å²) in [6, 6.07) is 95.9. The molecule has 0 atom stereocenters. The molecule has 0 spiro atoms. The topological polar surface area (TPSA) is 56.4 Å². The Labute approximate surface area is 469 Å². The van der Waals surface area contributed by atoms with Gasteiger partial charge in [0.2, 0.25) is 0 Å². The largest absolute Gasteiger partial charge is 0.307 e. The average molecular weight is 1040 g/mol. The second-order valence-electron chi connectivity index (χ2n) is 21.8. The zero-order valence-corrected chi connectivity index (χ0v) is 44.1. The van der Waals surface area contributed by atoms with Crippen LogP contribution in [-0.2, 0) is 0 Å². The Hall–Kier alpha value is -11.3. The van der Waals surface area contributed by atoms with E-state index in [1.807, 2.05) is 12.4 Å². The molecular formula is C76H44N6. The second-order valence-corrected chi connectivity index (χ2v) is 21.8. The van der Waals surface area contributed by atoms with E-state index in [1.54, 1.807) is 0 Å². The van der Waals surface area contributed by atoms with Crippen molar-refractivity contribution in [2.24, 2.45) is 0 Å². The van der Waals surface area contributed by atoms with Crippen LogP contribution in [0.15, 0.2) is 267 Å². The number of para-hydroxylation sites is 4. The molecule has 378 valence electrons. The number of aromatic nitrogens is 5. The van der Waals surface area contributed by atoms with E-state index in [9.17, 15) is 5.26 Å². The zero-order valence-electron chi connectivity index (χ0n) is 44.1. The molecule has 18 rings (SSSR count). The first-order valence-corrected chi connectivity index (χ1v) is 27.9. The quantitative estimate of drug-likeness (QED) is 0.172. The maximum atomic E-state index is 13.1. The van der Waals surface area contributed by atoms with Gasteiger partial charge in [-0.2, -0.15) is 5.26 Å². The van der Waals surface area contributed by atoms with Gasteiger partial charge in [-0.3, -0.25) is 4.98 Å². The van der Waals surface area contributed by atoms with Gasteiger partial charge >= 0.3 is 0 Å². The highest BCUT2D eigenvalue weighted by Crippen LogP contribution is 2.52. The molecule has 0 aliphatic rings. The van der Waals surface area contributed by atoms with E-state index in [0.717, 1.165) is 164 Å². The first kappa shape index (κ1) is 44.7. The van der Waals surface area contributed by atoms with E-state index in [2.05, 4.69) is 279 Å². The minimum atomic E-state index is 0.523. The van der Waals surface area contributed by atoms with Gasteiger partial charge < -0.3 is 18.3 Å². The highest BCUT2D eigenvalue weighted by Gasteiger charge is 2.35. The van der Waals surface area contributed by atoms with Gasteiger partial charge in [0.25, 0.3) is 0 Å². The lowest BCUT2D eigenvalue weighted by atomic mass is 9.93. The Morgan fingerprint density at radius 2 is 0.537 bits per heavy atom. The fourth-order valence-corrected chi connectivity index (χ4v) is 14.1. The van der Waals surface area contributed by atoms with Crippen molar-refractivity contribution in [1.82, 2.24) is 23.3 Å². The van der Waals surface area contributed by atoms with Gasteiger partial charge in [-0.1, -0.05) is 170 Å². The summed E-state index contributed by atoms with van der Waals surface area (Å²) in [4.78, 5) is 4.71. The Balaban J connectivity index is 1.20. The lowest BCUT2D eigenvalue weighted by Gasteiger charge is -2.29. The number of benzene rings is 13. The van der Waals surface area contributed by atoms with Gasteiger partial charge in [0.15, 0.2) is 0 Å². The molecule has 0 fully saturated rings. The van der Waals surface area contributed by atoms with Crippen LogP contribution >= 0.6 is 0 Å². The van der Waals surface area contributed by atoms with E-state index in [0.29, 0.717) is 5.56 Å². The smallest absolute Gasteiger partial charge is 0.104 e. The van der Waals surface area contributed by atoms with Crippen molar-refractivity contribution in [3.8, 4) is 39.9 Å². The summed E-state index contributed by atoms with van der Waals surface area (Å²) in [5.41, 5.74) is 13.8. The molecule has 5 heterocycles. The highest BCUT2D eigenvalue weighted by atomic mass is 15.1. The van der Waals surface area contributed by atoms with Gasteiger partial charge in [0, 0.05) is 61.0 Å². The van der Waals surface area contributed by atoms with Crippen molar-refractivity contribution in [2.75, 3.05) is 0 Å². The molecule has 6 nitrogen and oxygen atoms in total. The zero-order chi connectivity index (χ0) is 53.7. The molecule has 0 amide bonds. The molecule has 0 aliphatic heterocycles. The van der Waals surface area contributed by atoms with Crippen LogP contribution in [0.25, 0.3) is 164 Å². The van der Waals surface area contributed by atoms with E-state index >= 15 is 0 Å². The van der Waals surface area contributed by atoms with Crippen LogP contribution in [0.1, 0.15) is 5.56 Å². The number of nitrogens with zero attached hydrogens (tertiary/aromatic N) is 6. The number of hydrogen-bond donors (Lipinski definition) is 0. The van der Waals surface area contributed by atoms with Gasteiger partial charge in [-0.05, 0) is 134 Å². The Bertz CT molecular complexity index is 5840. The van der Waals surface area contributed by atoms with Crippen LogP contribution in [0.5, 0.6) is 0 Å². The molecule has 0 bridgehead atoms. The summed E-state index contributed by atoms with van der Waals surface area (Å²) in [6.45, 7) is 0. The predicted molar refractivity (Wildman–Crippen MR) is 342 cm³/mol. The van der Waals surface area contributed by atoms with E-state index in [1.165, 1.54) is 0 Å². The van der Waals surface area contributed by atoms with Crippen LogP contribution in [0.3, 0.4) is 0 Å². The number of fused-ring (bicyclic) bond motifs is 16. The normalized spacial score (nSPS) is 12.1. The van der Waals surface area contributed by atoms with Crippen LogP contribution in [-0.4, -0.2) is 23.3 Å². The van der Waals surface area contributed by atoms with Crippen molar-refractivity contribution in [2.45, 2.75) is 0 Å². The van der Waals surface area contributed by atoms with Crippen molar-refractivity contribution in [1.29, 1.82) is 5.26 Å². The van der Waals surface area contributed by atoms with Gasteiger partial charge in [0.05, 0.1) is 66.9 Å². The molecule has 0 saturated heterocycles. The average Bonchev–Trinajstić information content (AvgIpc) is 2.05. The summed E-state index contributed by atoms with van der Waals surface area (Å²) in [5, 5.41) is 31.1. The summed E-state index contributed by atoms with van der Waals surface area (Å²) >= 11 is 0. The van der Waals surface area contributed by atoms with Crippen LogP contribution in [0.4, 0.5) is 0 Å². The third-order valence-corrected chi connectivity index (χ3v) is 17.5. The van der Waals surface area contributed by atoms with Crippen molar-refractivity contribution in [3.63, 3.8) is 0 Å². The highest BCUT2D eigenvalue weighted by molar-refractivity contribution is 6.21. The molecule has 0 N–H and O–H groups in total. The molecule has 0 aliphatic carbocycles. The molecule has 0 saturated carbocycles. The third kappa shape index (κ3) is 6.14. The van der Waals surface area contributed by atoms with Gasteiger partial charge in [-0.25, -0.2) is 0 Å². The van der Waals surface area contributed by atoms with E-state index in [4.69, 9.17) is 4.98 Å². The monoisotopic (exact) mass is 1040 g/mol. The van der Waals surface area contributed by atoms with Crippen LogP contribution in [0.2, 0.25) is 0 Å². The SMILES string of the molecule is N#Cc1c(-n2c3ccccc3c3cc4ccccc4cc32)c(-c2ccncc2)c(-n2c3ccccc3c3cc4ccccc4cc32)c(-n2c3ccccc3c3cc4ccccc4cc32)c1-n1c2ccccc2c2cc3ccccc3cc21. The van der Waals surface area contributed by atoms with Crippen LogP contribution < -0.4 is 0 Å². The molecule has 13 aromatic carbocycles. The fourth-order valence-electron chi connectivity index (χ4n) is 14.1. The van der Waals surface area contributed by atoms with Crippen molar-refractivity contribution in [3.05, 3.63) is 273 Å². The molecule has 5 aromatic heterocycles. The molecule has 18 aromatic rings. The molecular weight excluding hydrogens is 997 g/mol. The van der Waals surface area contributed by atoms with E-state index < -0.39 is 0 Å². The Kier molecular flexibility index (Phi) is 9.20. The summed E-state index contributed by atoms with van der Waals surface area (Å²) < 4.78 is 9.88. The summed E-state index contributed by atoms with van der Waals surface area (Å²) in [6.07, 6.45) is 3.79. The first-order chi connectivity index (χ1) is 40.7. The number of rotatable bonds is 5. The second kappa shape index (κ2) is 16.9. The number of hydrogen-bond acceptors (Lipinski definition) is 2. The predicted octanol–water partition coefficient (Wildman–Crippen LogP) is 19.6. The molecule has 82 heavy (non-hydrogen) atoms. The first-order valence-electron chi connectivity index (χ1n) is 27.9. The minimum Gasteiger partial charge on any atom is -0.307 e. The van der Waals surface area contributed by atoms with Crippen molar-refractivity contribution >= 4 is 130 Å². The third-order valence-electron chi connectivity index (χ3n) is 17.5. The Morgan fingerprint density at radius 1 is 0.256 bits per heavy atom. The van der Waals surface area contributed by atoms with Gasteiger partial charge in [0.1, 0.15) is 11.6 Å². The molecule has 0 radical (unpaired) electrons. The number of nitriles is 1. The van der Waals surface area contributed by atoms with Crippen LogP contribution in [0, 0.1) is 11.3 Å². The maximum absolute atomic E-state index is 13.1. The summed E-state index contributed by atoms with van der Waals surface area (Å²) in [7, 11) is 0. The summed E-state index contributed by atoms with van der Waals surface area (Å²) in [5.74, 6) is 0. The molecule has 6 heteroatoms. The lowest BCUT2D eigenvalue weighted by molar-refractivity contribution is 1.03. The van der Waals surface area contributed by atoms with Gasteiger partial charge in [-0.15, -0.1) is 0 Å². The lowest BCUT2D eigenvalue weighted by Crippen LogP contribution is -2.16. The molecule has 0 unspecified atom stereocenters. The fraction of sp³-hybridized carbons (Fsp3) is 0. The van der Waals surface area contributed by atoms with Crippen molar-refractivity contribution < 1.29 is 0 Å². The number of pyridine rings is 1. The van der Waals surface area contributed by atoms with E-state index in [-0.39, 0.29) is 0 Å².